The lowest BCUT2D eigenvalue weighted by Crippen LogP contribution is -2.55. The van der Waals surface area contributed by atoms with Crippen LogP contribution < -0.4 is 10.6 Å². The van der Waals surface area contributed by atoms with Crippen molar-refractivity contribution in [3.05, 3.63) is 0 Å². The van der Waals surface area contributed by atoms with Gasteiger partial charge in [0.25, 0.3) is 0 Å². The van der Waals surface area contributed by atoms with Gasteiger partial charge < -0.3 is 15.5 Å². The van der Waals surface area contributed by atoms with Crippen molar-refractivity contribution in [2.24, 2.45) is 11.8 Å². The van der Waals surface area contributed by atoms with Gasteiger partial charge in [0.15, 0.2) is 0 Å². The molecular weight excluding hydrogens is 256 g/mol. The Kier molecular flexibility index (Phi) is 5.37. The molecule has 2 saturated heterocycles. The maximum Gasteiger partial charge on any atom is 0.234 e. The fourth-order valence-corrected chi connectivity index (χ4v) is 2.74. The highest BCUT2D eigenvalue weighted by molar-refractivity contribution is 5.79. The Morgan fingerprint density at radius 1 is 1.25 bits per heavy atom. The first kappa shape index (κ1) is 15.3. The predicted molar refractivity (Wildman–Crippen MR) is 77.2 cm³/mol. The van der Waals surface area contributed by atoms with Crippen molar-refractivity contribution < 1.29 is 9.59 Å². The van der Waals surface area contributed by atoms with Crippen LogP contribution in [-0.4, -0.2) is 74.0 Å². The molecule has 2 heterocycles. The van der Waals surface area contributed by atoms with Crippen LogP contribution in [0.15, 0.2) is 0 Å². The number of likely N-dealkylation sites (N-methyl/N-ethyl adjacent to an activating group) is 1. The van der Waals surface area contributed by atoms with Gasteiger partial charge in [0, 0.05) is 38.6 Å². The molecule has 1 atom stereocenters. The van der Waals surface area contributed by atoms with Crippen LogP contribution >= 0.6 is 0 Å². The van der Waals surface area contributed by atoms with Crippen molar-refractivity contribution in [1.82, 2.24) is 20.4 Å². The molecule has 0 spiro atoms. The third-order valence-corrected chi connectivity index (χ3v) is 4.33. The lowest BCUT2D eigenvalue weighted by Gasteiger charge is -2.39. The molecule has 6 nitrogen and oxygen atoms in total. The number of hydrogen-bond acceptors (Lipinski definition) is 4. The van der Waals surface area contributed by atoms with Crippen LogP contribution in [0.3, 0.4) is 0 Å². The Hall–Kier alpha value is -1.14. The molecule has 0 aliphatic carbocycles. The molecule has 2 aliphatic rings. The fraction of sp³-hybridized carbons (Fsp3) is 0.857. The van der Waals surface area contributed by atoms with Gasteiger partial charge in [-0.05, 0) is 25.9 Å². The van der Waals surface area contributed by atoms with E-state index in [1.807, 2.05) is 18.7 Å². The molecular formula is C14H26N4O2. The summed E-state index contributed by atoms with van der Waals surface area (Å²) in [6.07, 6.45) is 0. The highest BCUT2D eigenvalue weighted by atomic mass is 16.2. The number of nitrogens with zero attached hydrogens (tertiary/aromatic N) is 2. The van der Waals surface area contributed by atoms with Crippen LogP contribution in [0.1, 0.15) is 13.8 Å². The SMILES string of the molecule is CCNC(=O)CN1CCN(C(=O)C(C)C2CNC2)CC1. The van der Waals surface area contributed by atoms with Crippen LogP contribution in [0, 0.1) is 11.8 Å². The molecule has 0 saturated carbocycles. The van der Waals surface area contributed by atoms with Crippen molar-refractivity contribution >= 4 is 11.8 Å². The van der Waals surface area contributed by atoms with Crippen molar-refractivity contribution in [2.45, 2.75) is 13.8 Å². The van der Waals surface area contributed by atoms with E-state index in [0.29, 0.717) is 19.0 Å². The minimum absolute atomic E-state index is 0.0705. The largest absolute Gasteiger partial charge is 0.355 e. The van der Waals surface area contributed by atoms with Gasteiger partial charge in [-0.15, -0.1) is 0 Å². The summed E-state index contributed by atoms with van der Waals surface area (Å²) in [7, 11) is 0. The Balaban J connectivity index is 1.73. The van der Waals surface area contributed by atoms with E-state index in [1.54, 1.807) is 0 Å². The van der Waals surface area contributed by atoms with E-state index >= 15 is 0 Å². The summed E-state index contributed by atoms with van der Waals surface area (Å²) < 4.78 is 0. The van der Waals surface area contributed by atoms with Gasteiger partial charge in [-0.3, -0.25) is 14.5 Å². The lowest BCUT2D eigenvalue weighted by molar-refractivity contribution is -0.139. The highest BCUT2D eigenvalue weighted by Crippen LogP contribution is 2.19. The van der Waals surface area contributed by atoms with Gasteiger partial charge in [0.1, 0.15) is 0 Å². The van der Waals surface area contributed by atoms with Crippen molar-refractivity contribution in [3.63, 3.8) is 0 Å². The molecule has 20 heavy (non-hydrogen) atoms. The van der Waals surface area contributed by atoms with Crippen LogP contribution in [-0.2, 0) is 9.59 Å². The molecule has 0 radical (unpaired) electrons. The molecule has 0 aromatic carbocycles. The minimum Gasteiger partial charge on any atom is -0.355 e. The molecule has 2 N–H and O–H groups in total. The van der Waals surface area contributed by atoms with Gasteiger partial charge >= 0.3 is 0 Å². The number of hydrogen-bond donors (Lipinski definition) is 2. The topological polar surface area (TPSA) is 64.7 Å². The monoisotopic (exact) mass is 282 g/mol. The predicted octanol–water partition coefficient (Wildman–Crippen LogP) is -0.878. The van der Waals surface area contributed by atoms with E-state index in [2.05, 4.69) is 15.5 Å². The molecule has 2 fully saturated rings. The van der Waals surface area contributed by atoms with E-state index < -0.39 is 0 Å². The summed E-state index contributed by atoms with van der Waals surface area (Å²) >= 11 is 0. The molecule has 1 unspecified atom stereocenters. The maximum atomic E-state index is 12.4. The number of nitrogens with one attached hydrogen (secondary N) is 2. The number of rotatable bonds is 5. The molecule has 0 aromatic rings. The number of carbonyl (C=O) groups excluding carboxylic acids is 2. The second-order valence-electron chi connectivity index (χ2n) is 5.76. The van der Waals surface area contributed by atoms with E-state index in [9.17, 15) is 9.59 Å². The second kappa shape index (κ2) is 7.04. The van der Waals surface area contributed by atoms with Crippen LogP contribution in [0.5, 0.6) is 0 Å². The Morgan fingerprint density at radius 2 is 1.90 bits per heavy atom. The molecule has 6 heteroatoms. The zero-order valence-corrected chi connectivity index (χ0v) is 12.5. The molecule has 2 rings (SSSR count). The molecule has 2 aliphatic heterocycles. The van der Waals surface area contributed by atoms with E-state index in [4.69, 9.17) is 0 Å². The quantitative estimate of drug-likeness (QED) is 0.687. The van der Waals surface area contributed by atoms with E-state index in [-0.39, 0.29) is 17.7 Å². The summed E-state index contributed by atoms with van der Waals surface area (Å²) in [6.45, 7) is 10.1. The summed E-state index contributed by atoms with van der Waals surface area (Å²) in [6, 6.07) is 0. The van der Waals surface area contributed by atoms with Gasteiger partial charge in [-0.25, -0.2) is 0 Å². The molecule has 2 amide bonds. The average molecular weight is 282 g/mol. The minimum atomic E-state index is 0.0705. The van der Waals surface area contributed by atoms with Crippen LogP contribution in [0.2, 0.25) is 0 Å². The van der Waals surface area contributed by atoms with Gasteiger partial charge in [0.2, 0.25) is 11.8 Å². The van der Waals surface area contributed by atoms with Gasteiger partial charge in [-0.1, -0.05) is 6.92 Å². The standard InChI is InChI=1S/C14H26N4O2/c1-3-16-13(19)10-17-4-6-18(7-5-17)14(20)11(2)12-8-15-9-12/h11-12,15H,3-10H2,1-2H3,(H,16,19). The Morgan fingerprint density at radius 3 is 2.40 bits per heavy atom. The smallest absolute Gasteiger partial charge is 0.234 e. The maximum absolute atomic E-state index is 12.4. The summed E-state index contributed by atoms with van der Waals surface area (Å²) in [4.78, 5) is 28.0. The first-order valence-electron chi connectivity index (χ1n) is 7.60. The first-order valence-corrected chi connectivity index (χ1v) is 7.60. The summed E-state index contributed by atoms with van der Waals surface area (Å²) in [5.41, 5.74) is 0. The first-order chi connectivity index (χ1) is 9.61. The summed E-state index contributed by atoms with van der Waals surface area (Å²) in [5.74, 6) is 0.956. The van der Waals surface area contributed by atoms with E-state index in [1.165, 1.54) is 0 Å². The normalized spacial score (nSPS) is 22.2. The number of carbonyl (C=O) groups is 2. The Labute approximate surface area is 120 Å². The zero-order chi connectivity index (χ0) is 14.5. The third-order valence-electron chi connectivity index (χ3n) is 4.33. The lowest BCUT2D eigenvalue weighted by atomic mass is 9.88. The van der Waals surface area contributed by atoms with Crippen LogP contribution in [0.25, 0.3) is 0 Å². The average Bonchev–Trinajstić information content (AvgIpc) is 2.37. The highest BCUT2D eigenvalue weighted by Gasteiger charge is 2.32. The van der Waals surface area contributed by atoms with Crippen molar-refractivity contribution in [2.75, 3.05) is 52.4 Å². The van der Waals surface area contributed by atoms with Gasteiger partial charge in [-0.2, -0.15) is 0 Å². The van der Waals surface area contributed by atoms with Crippen LogP contribution in [0.4, 0.5) is 0 Å². The van der Waals surface area contributed by atoms with Crippen molar-refractivity contribution in [1.29, 1.82) is 0 Å². The number of piperazine rings is 1. The zero-order valence-electron chi connectivity index (χ0n) is 12.5. The molecule has 0 bridgehead atoms. The number of amides is 2. The third kappa shape index (κ3) is 3.70. The van der Waals surface area contributed by atoms with Gasteiger partial charge in [0.05, 0.1) is 6.54 Å². The molecule has 114 valence electrons. The molecule has 0 aromatic heterocycles. The van der Waals surface area contributed by atoms with E-state index in [0.717, 1.165) is 39.3 Å². The van der Waals surface area contributed by atoms with Crippen molar-refractivity contribution in [3.8, 4) is 0 Å². The summed E-state index contributed by atoms with van der Waals surface area (Å²) in [5, 5.41) is 6.02. The fourth-order valence-electron chi connectivity index (χ4n) is 2.74. The Bertz CT molecular complexity index is 349. The second-order valence-corrected chi connectivity index (χ2v) is 5.76.